The zero-order valence-electron chi connectivity index (χ0n) is 7.40. The minimum absolute atomic E-state index is 0.401. The van der Waals surface area contributed by atoms with Gasteiger partial charge in [0.25, 0.3) is 0 Å². The molecule has 0 radical (unpaired) electrons. The number of hydrogen-bond donors (Lipinski definition) is 1. The van der Waals surface area contributed by atoms with Gasteiger partial charge in [0.05, 0.1) is 12.2 Å². The molecule has 5 heteroatoms. The smallest absolute Gasteiger partial charge is 0.407 e. The van der Waals surface area contributed by atoms with E-state index in [0.29, 0.717) is 13.1 Å². The fourth-order valence-electron chi connectivity index (χ4n) is 1.55. The maximum absolute atomic E-state index is 10.7. The van der Waals surface area contributed by atoms with Gasteiger partial charge in [-0.15, -0.1) is 0 Å². The third-order valence-corrected chi connectivity index (χ3v) is 2.72. The zero-order valence-corrected chi connectivity index (χ0v) is 8.99. The number of hydrogen-bond acceptors (Lipinski definition) is 2. The molecule has 1 aliphatic heterocycles. The van der Waals surface area contributed by atoms with Crippen LogP contribution in [-0.2, 0) is 13.0 Å². The third-order valence-electron chi connectivity index (χ3n) is 2.29. The molecule has 0 aliphatic carbocycles. The average Bonchev–Trinajstić information content (AvgIpc) is 2.16. The molecule has 0 bridgehead atoms. The summed E-state index contributed by atoms with van der Waals surface area (Å²) in [6.45, 7) is 0.957. The van der Waals surface area contributed by atoms with Crippen molar-refractivity contribution in [3.8, 4) is 0 Å². The van der Waals surface area contributed by atoms with Gasteiger partial charge in [0.1, 0.15) is 0 Å². The van der Waals surface area contributed by atoms with E-state index in [2.05, 4.69) is 20.9 Å². The number of nitrogens with zero attached hydrogens (tertiary/aromatic N) is 2. The van der Waals surface area contributed by atoms with Gasteiger partial charge in [-0.05, 0) is 34.0 Å². The summed E-state index contributed by atoms with van der Waals surface area (Å²) in [7, 11) is 0. The summed E-state index contributed by atoms with van der Waals surface area (Å²) in [6.07, 6.45) is 1.57. The van der Waals surface area contributed by atoms with E-state index in [-0.39, 0.29) is 0 Å². The molecule has 4 nitrogen and oxygen atoms in total. The minimum Gasteiger partial charge on any atom is -0.465 e. The van der Waals surface area contributed by atoms with Crippen LogP contribution in [0.5, 0.6) is 0 Å². The Hall–Kier alpha value is -1.10. The highest BCUT2D eigenvalue weighted by molar-refractivity contribution is 9.10. The van der Waals surface area contributed by atoms with E-state index < -0.39 is 6.09 Å². The van der Waals surface area contributed by atoms with Crippen LogP contribution in [0.4, 0.5) is 4.79 Å². The van der Waals surface area contributed by atoms with Crippen LogP contribution in [0.1, 0.15) is 11.3 Å². The lowest BCUT2D eigenvalue weighted by molar-refractivity contribution is 0.139. The molecular formula is C9H9BrN2O2. The van der Waals surface area contributed by atoms with Crippen molar-refractivity contribution in [3.05, 3.63) is 28.0 Å². The van der Waals surface area contributed by atoms with Gasteiger partial charge in [0.2, 0.25) is 0 Å². The van der Waals surface area contributed by atoms with Crippen LogP contribution < -0.4 is 0 Å². The SMILES string of the molecule is O=C(O)N1CCc2cc(Br)cnc2C1. The number of carboxylic acid groups (broad SMARTS) is 1. The number of aromatic nitrogens is 1. The van der Waals surface area contributed by atoms with E-state index in [9.17, 15) is 4.79 Å². The molecule has 1 aliphatic rings. The maximum Gasteiger partial charge on any atom is 0.407 e. The molecule has 0 aromatic carbocycles. The van der Waals surface area contributed by atoms with Gasteiger partial charge in [0, 0.05) is 17.2 Å². The molecule has 0 saturated carbocycles. The van der Waals surface area contributed by atoms with E-state index in [1.54, 1.807) is 6.20 Å². The van der Waals surface area contributed by atoms with Crippen LogP contribution >= 0.6 is 15.9 Å². The Labute approximate surface area is 89.7 Å². The van der Waals surface area contributed by atoms with Crippen LogP contribution in [0.3, 0.4) is 0 Å². The fraction of sp³-hybridized carbons (Fsp3) is 0.333. The normalized spacial score (nSPS) is 15.1. The van der Waals surface area contributed by atoms with E-state index in [1.165, 1.54) is 4.90 Å². The number of halogens is 1. The Balaban J connectivity index is 2.27. The Morgan fingerprint density at radius 3 is 3.14 bits per heavy atom. The predicted molar refractivity (Wildman–Crippen MR) is 54.1 cm³/mol. The highest BCUT2D eigenvalue weighted by atomic mass is 79.9. The second-order valence-corrected chi connectivity index (χ2v) is 4.13. The number of fused-ring (bicyclic) bond motifs is 1. The number of carbonyl (C=O) groups is 1. The molecule has 2 rings (SSSR count). The van der Waals surface area contributed by atoms with E-state index >= 15 is 0 Å². The second-order valence-electron chi connectivity index (χ2n) is 3.21. The van der Waals surface area contributed by atoms with Crippen LogP contribution in [0.2, 0.25) is 0 Å². The molecule has 0 saturated heterocycles. The largest absolute Gasteiger partial charge is 0.465 e. The lowest BCUT2D eigenvalue weighted by atomic mass is 10.1. The van der Waals surface area contributed by atoms with Crippen molar-refractivity contribution in [1.82, 2.24) is 9.88 Å². The molecule has 0 spiro atoms. The monoisotopic (exact) mass is 256 g/mol. The molecule has 0 fully saturated rings. The average molecular weight is 257 g/mol. The molecular weight excluding hydrogens is 248 g/mol. The summed E-state index contributed by atoms with van der Waals surface area (Å²) in [4.78, 5) is 16.3. The van der Waals surface area contributed by atoms with Crippen molar-refractivity contribution in [2.45, 2.75) is 13.0 Å². The molecule has 1 N–H and O–H groups in total. The van der Waals surface area contributed by atoms with Gasteiger partial charge in [-0.3, -0.25) is 4.98 Å². The summed E-state index contributed by atoms with van der Waals surface area (Å²) in [6, 6.07) is 2.00. The lowest BCUT2D eigenvalue weighted by Crippen LogP contribution is -2.35. The minimum atomic E-state index is -0.875. The van der Waals surface area contributed by atoms with Crippen molar-refractivity contribution in [1.29, 1.82) is 0 Å². The molecule has 1 amide bonds. The van der Waals surface area contributed by atoms with E-state index in [4.69, 9.17) is 5.11 Å². The Morgan fingerprint density at radius 2 is 2.43 bits per heavy atom. The first-order valence-electron chi connectivity index (χ1n) is 4.28. The number of pyridine rings is 1. The van der Waals surface area contributed by atoms with Gasteiger partial charge < -0.3 is 10.0 Å². The van der Waals surface area contributed by atoms with E-state index in [1.807, 2.05) is 6.07 Å². The number of rotatable bonds is 0. The van der Waals surface area contributed by atoms with Gasteiger partial charge in [-0.1, -0.05) is 0 Å². The number of amides is 1. The zero-order chi connectivity index (χ0) is 10.1. The molecule has 14 heavy (non-hydrogen) atoms. The summed E-state index contributed by atoms with van der Waals surface area (Å²) < 4.78 is 0.944. The van der Waals surface area contributed by atoms with Crippen molar-refractivity contribution < 1.29 is 9.90 Å². The topological polar surface area (TPSA) is 53.4 Å². The van der Waals surface area contributed by atoms with Crippen molar-refractivity contribution in [2.24, 2.45) is 0 Å². The highest BCUT2D eigenvalue weighted by Gasteiger charge is 2.20. The van der Waals surface area contributed by atoms with Gasteiger partial charge in [0.15, 0.2) is 0 Å². The van der Waals surface area contributed by atoms with Crippen molar-refractivity contribution in [3.63, 3.8) is 0 Å². The first-order valence-corrected chi connectivity index (χ1v) is 5.07. The molecule has 0 atom stereocenters. The molecule has 1 aromatic heterocycles. The van der Waals surface area contributed by atoms with Gasteiger partial charge in [-0.2, -0.15) is 0 Å². The van der Waals surface area contributed by atoms with Crippen molar-refractivity contribution in [2.75, 3.05) is 6.54 Å². The Kier molecular flexibility index (Phi) is 2.41. The highest BCUT2D eigenvalue weighted by Crippen LogP contribution is 2.20. The maximum atomic E-state index is 10.7. The summed E-state index contributed by atoms with van der Waals surface area (Å²) in [5, 5.41) is 8.81. The predicted octanol–water partition coefficient (Wildman–Crippen LogP) is 1.88. The molecule has 1 aromatic rings. The third kappa shape index (κ3) is 1.72. The molecule has 74 valence electrons. The second kappa shape index (κ2) is 3.57. The van der Waals surface area contributed by atoms with Gasteiger partial charge >= 0.3 is 6.09 Å². The summed E-state index contributed by atoms with van der Waals surface area (Å²) >= 11 is 3.34. The van der Waals surface area contributed by atoms with Crippen LogP contribution in [0.15, 0.2) is 16.7 Å². The first kappa shape index (κ1) is 9.45. The summed E-state index contributed by atoms with van der Waals surface area (Å²) in [5.74, 6) is 0. The van der Waals surface area contributed by atoms with Gasteiger partial charge in [-0.25, -0.2) is 4.79 Å². The molecule has 0 unspecified atom stereocenters. The Morgan fingerprint density at radius 1 is 1.64 bits per heavy atom. The van der Waals surface area contributed by atoms with Crippen LogP contribution in [0, 0.1) is 0 Å². The summed E-state index contributed by atoms with van der Waals surface area (Å²) in [5.41, 5.74) is 2.00. The quantitative estimate of drug-likeness (QED) is 0.772. The fourth-order valence-corrected chi connectivity index (χ4v) is 1.93. The first-order chi connectivity index (χ1) is 6.66. The van der Waals surface area contributed by atoms with Crippen LogP contribution in [0.25, 0.3) is 0 Å². The lowest BCUT2D eigenvalue weighted by Gasteiger charge is -2.25. The van der Waals surface area contributed by atoms with E-state index in [0.717, 1.165) is 22.2 Å². The van der Waals surface area contributed by atoms with Crippen molar-refractivity contribution >= 4 is 22.0 Å². The van der Waals surface area contributed by atoms with Crippen LogP contribution in [-0.4, -0.2) is 27.6 Å². The Bertz CT molecular complexity index is 381. The molecule has 2 heterocycles. The standard InChI is InChI=1S/C9H9BrN2O2/c10-7-3-6-1-2-12(9(13)14)5-8(6)11-4-7/h3-4H,1-2,5H2,(H,13,14).